The van der Waals surface area contributed by atoms with Crippen molar-refractivity contribution in [3.05, 3.63) is 48.3 Å². The van der Waals surface area contributed by atoms with Gasteiger partial charge in [-0.15, -0.1) is 0 Å². The number of anilines is 1. The number of urea groups is 1. The van der Waals surface area contributed by atoms with Gasteiger partial charge in [0.15, 0.2) is 0 Å². The number of hydrogen-bond acceptors (Lipinski definition) is 3. The normalized spacial score (nSPS) is 10.5. The van der Waals surface area contributed by atoms with Crippen molar-refractivity contribution in [3.8, 4) is 5.75 Å². The lowest BCUT2D eigenvalue weighted by molar-refractivity contribution is 0.252. The number of methoxy groups -OCH3 is 1. The van der Waals surface area contributed by atoms with Gasteiger partial charge < -0.3 is 14.6 Å². The first-order chi connectivity index (χ1) is 9.69. The zero-order valence-electron chi connectivity index (χ0n) is 11.3. The minimum Gasteiger partial charge on any atom is -0.497 e. The number of amides is 2. The number of rotatable bonds is 4. The Balaban J connectivity index is 1.89. The summed E-state index contributed by atoms with van der Waals surface area (Å²) >= 11 is 0. The van der Waals surface area contributed by atoms with Crippen LogP contribution in [-0.4, -0.2) is 23.9 Å². The number of ether oxygens (including phenoxy) is 1. The molecule has 0 atom stereocenters. The van der Waals surface area contributed by atoms with E-state index in [1.807, 2.05) is 29.9 Å². The lowest BCUT2D eigenvalue weighted by Gasteiger charge is -2.06. The number of aromatic nitrogens is 1. The maximum Gasteiger partial charge on any atom is 0.339 e. The summed E-state index contributed by atoms with van der Waals surface area (Å²) in [4.78, 5) is 11.6. The Morgan fingerprint density at radius 3 is 2.90 bits per heavy atom. The largest absolute Gasteiger partial charge is 0.497 e. The number of carbonyl (C=O) groups is 1. The van der Waals surface area contributed by atoms with E-state index in [1.54, 1.807) is 37.6 Å². The van der Waals surface area contributed by atoms with Crippen molar-refractivity contribution in [1.29, 1.82) is 0 Å². The van der Waals surface area contributed by atoms with Crippen LogP contribution in [0.5, 0.6) is 5.75 Å². The van der Waals surface area contributed by atoms with E-state index < -0.39 is 6.03 Å². The van der Waals surface area contributed by atoms with Crippen LogP contribution in [0.1, 0.15) is 5.69 Å². The van der Waals surface area contributed by atoms with Gasteiger partial charge in [-0.1, -0.05) is 6.07 Å². The smallest absolute Gasteiger partial charge is 0.339 e. The number of hydrazone groups is 1. The molecule has 2 aromatic rings. The summed E-state index contributed by atoms with van der Waals surface area (Å²) in [5.74, 6) is 0.676. The third kappa shape index (κ3) is 3.61. The van der Waals surface area contributed by atoms with Crippen LogP contribution in [0.25, 0.3) is 0 Å². The fourth-order valence-corrected chi connectivity index (χ4v) is 1.63. The number of hydrogen-bond donors (Lipinski definition) is 2. The van der Waals surface area contributed by atoms with E-state index >= 15 is 0 Å². The monoisotopic (exact) mass is 272 g/mol. The first-order valence-corrected chi connectivity index (χ1v) is 6.04. The van der Waals surface area contributed by atoms with Gasteiger partial charge in [-0.05, 0) is 24.3 Å². The Morgan fingerprint density at radius 2 is 2.20 bits per heavy atom. The topological polar surface area (TPSA) is 67.7 Å². The van der Waals surface area contributed by atoms with Crippen molar-refractivity contribution in [2.75, 3.05) is 12.4 Å². The van der Waals surface area contributed by atoms with Crippen molar-refractivity contribution in [2.24, 2.45) is 12.1 Å². The van der Waals surface area contributed by atoms with Gasteiger partial charge in [-0.2, -0.15) is 5.10 Å². The molecular formula is C14H16N4O2. The van der Waals surface area contributed by atoms with Gasteiger partial charge in [0.1, 0.15) is 5.75 Å². The van der Waals surface area contributed by atoms with Crippen LogP contribution >= 0.6 is 0 Å². The lowest BCUT2D eigenvalue weighted by Crippen LogP contribution is -2.24. The predicted octanol–water partition coefficient (Wildman–Crippen LogP) is 2.19. The zero-order valence-corrected chi connectivity index (χ0v) is 11.3. The fraction of sp³-hybridized carbons (Fsp3) is 0.143. The molecule has 0 unspecified atom stereocenters. The van der Waals surface area contributed by atoms with Gasteiger partial charge in [0.25, 0.3) is 0 Å². The van der Waals surface area contributed by atoms with Crippen LogP contribution in [0, 0.1) is 0 Å². The summed E-state index contributed by atoms with van der Waals surface area (Å²) in [6, 6.07) is 10.5. The van der Waals surface area contributed by atoms with Crippen LogP contribution in [0.2, 0.25) is 0 Å². The molecule has 1 aromatic heterocycles. The molecule has 2 amide bonds. The quantitative estimate of drug-likeness (QED) is 0.661. The molecule has 6 nitrogen and oxygen atoms in total. The molecule has 0 saturated heterocycles. The molecule has 104 valence electrons. The van der Waals surface area contributed by atoms with Crippen LogP contribution < -0.4 is 15.5 Å². The average molecular weight is 272 g/mol. The van der Waals surface area contributed by atoms with Crippen LogP contribution in [0.3, 0.4) is 0 Å². The van der Waals surface area contributed by atoms with Crippen molar-refractivity contribution >= 4 is 17.9 Å². The minimum atomic E-state index is -0.413. The standard InChI is InChI=1S/C14H16N4O2/c1-18-8-4-6-12(18)10-15-17-14(19)16-11-5-3-7-13(9-11)20-2/h3-10H,1-2H3,(H2,16,17,19)/b15-10+. The van der Waals surface area contributed by atoms with E-state index in [9.17, 15) is 4.79 Å². The molecule has 1 heterocycles. The second-order valence-corrected chi connectivity index (χ2v) is 4.10. The molecule has 0 spiro atoms. The summed E-state index contributed by atoms with van der Waals surface area (Å²) in [6.07, 6.45) is 3.48. The van der Waals surface area contributed by atoms with Gasteiger partial charge in [-0.25, -0.2) is 10.2 Å². The number of benzene rings is 1. The molecule has 6 heteroatoms. The highest BCUT2D eigenvalue weighted by molar-refractivity contribution is 5.90. The molecule has 2 N–H and O–H groups in total. The predicted molar refractivity (Wildman–Crippen MR) is 78.2 cm³/mol. The van der Waals surface area contributed by atoms with Crippen molar-refractivity contribution in [2.45, 2.75) is 0 Å². The van der Waals surface area contributed by atoms with E-state index in [2.05, 4.69) is 15.8 Å². The van der Waals surface area contributed by atoms with E-state index in [-0.39, 0.29) is 0 Å². The summed E-state index contributed by atoms with van der Waals surface area (Å²) < 4.78 is 6.97. The summed E-state index contributed by atoms with van der Waals surface area (Å²) in [5, 5.41) is 6.53. The molecular weight excluding hydrogens is 256 g/mol. The number of nitrogens with zero attached hydrogens (tertiary/aromatic N) is 2. The third-order valence-electron chi connectivity index (χ3n) is 2.67. The Labute approximate surface area is 117 Å². The van der Waals surface area contributed by atoms with E-state index in [0.717, 1.165) is 5.69 Å². The van der Waals surface area contributed by atoms with Crippen LogP contribution in [-0.2, 0) is 7.05 Å². The minimum absolute atomic E-state index is 0.413. The Bertz CT molecular complexity index is 619. The fourth-order valence-electron chi connectivity index (χ4n) is 1.63. The molecule has 0 radical (unpaired) electrons. The van der Waals surface area contributed by atoms with Gasteiger partial charge in [0.05, 0.1) is 19.0 Å². The number of aryl methyl sites for hydroxylation is 1. The molecule has 2 rings (SSSR count). The summed E-state index contributed by atoms with van der Waals surface area (Å²) in [5.41, 5.74) is 3.93. The first-order valence-electron chi connectivity index (χ1n) is 6.04. The molecule has 0 aliphatic carbocycles. The Hall–Kier alpha value is -2.76. The van der Waals surface area contributed by atoms with Crippen molar-refractivity contribution in [1.82, 2.24) is 9.99 Å². The molecule has 0 fully saturated rings. The lowest BCUT2D eigenvalue weighted by atomic mass is 10.3. The van der Waals surface area contributed by atoms with Crippen molar-refractivity contribution in [3.63, 3.8) is 0 Å². The maximum atomic E-state index is 11.6. The second-order valence-electron chi connectivity index (χ2n) is 4.10. The highest BCUT2D eigenvalue weighted by Gasteiger charge is 2.01. The number of nitrogens with one attached hydrogen (secondary N) is 2. The number of carbonyl (C=O) groups excluding carboxylic acids is 1. The van der Waals surface area contributed by atoms with Gasteiger partial charge >= 0.3 is 6.03 Å². The summed E-state index contributed by atoms with van der Waals surface area (Å²) in [7, 11) is 3.47. The first kappa shape index (κ1) is 13.7. The van der Waals surface area contributed by atoms with Crippen LogP contribution in [0.4, 0.5) is 10.5 Å². The average Bonchev–Trinajstić information content (AvgIpc) is 2.85. The van der Waals surface area contributed by atoms with E-state index in [1.165, 1.54) is 0 Å². The molecule has 1 aromatic carbocycles. The molecule has 0 aliphatic rings. The SMILES string of the molecule is COc1cccc(NC(=O)N/N=C/c2cccn2C)c1. The Morgan fingerprint density at radius 1 is 1.35 bits per heavy atom. The zero-order chi connectivity index (χ0) is 14.4. The van der Waals surface area contributed by atoms with Crippen LogP contribution in [0.15, 0.2) is 47.7 Å². The second kappa shape index (κ2) is 6.42. The van der Waals surface area contributed by atoms with Gasteiger partial charge in [-0.3, -0.25) is 0 Å². The highest BCUT2D eigenvalue weighted by Crippen LogP contribution is 2.16. The molecule has 0 bridgehead atoms. The van der Waals surface area contributed by atoms with Gasteiger partial charge in [0, 0.05) is 25.0 Å². The maximum absolute atomic E-state index is 11.6. The van der Waals surface area contributed by atoms with Crippen molar-refractivity contribution < 1.29 is 9.53 Å². The van der Waals surface area contributed by atoms with Gasteiger partial charge in [0.2, 0.25) is 0 Å². The molecule has 0 saturated carbocycles. The molecule has 0 aliphatic heterocycles. The van der Waals surface area contributed by atoms with E-state index in [4.69, 9.17) is 4.74 Å². The Kier molecular flexibility index (Phi) is 4.39. The van der Waals surface area contributed by atoms with E-state index in [0.29, 0.717) is 11.4 Å². The highest BCUT2D eigenvalue weighted by atomic mass is 16.5. The third-order valence-corrected chi connectivity index (χ3v) is 2.67. The summed E-state index contributed by atoms with van der Waals surface area (Å²) in [6.45, 7) is 0. The molecule has 20 heavy (non-hydrogen) atoms.